The normalized spacial score (nSPS) is 10.8. The van der Waals surface area contributed by atoms with E-state index in [2.05, 4.69) is 25.1 Å². The van der Waals surface area contributed by atoms with Crippen LogP contribution in [0.15, 0.2) is 27.5 Å². The van der Waals surface area contributed by atoms with E-state index < -0.39 is 0 Å². The predicted molar refractivity (Wildman–Crippen MR) is 75.1 cm³/mol. The summed E-state index contributed by atoms with van der Waals surface area (Å²) in [6.45, 7) is 1.87. The van der Waals surface area contributed by atoms with Gasteiger partial charge in [-0.25, -0.2) is 15.0 Å². The number of methoxy groups -OCH3 is 1. The Labute approximate surface area is 126 Å². The topological polar surface area (TPSA) is 100.0 Å². The molecule has 8 nitrogen and oxygen atoms in total. The van der Waals surface area contributed by atoms with Crippen LogP contribution >= 0.6 is 0 Å². The molecule has 0 aliphatic carbocycles. The second-order valence-corrected chi connectivity index (χ2v) is 4.68. The Kier molecular flexibility index (Phi) is 4.08. The van der Waals surface area contributed by atoms with Gasteiger partial charge in [0.1, 0.15) is 17.8 Å². The predicted octanol–water partition coefficient (Wildman–Crippen LogP) is 2.01. The highest BCUT2D eigenvalue weighted by Gasteiger charge is 2.11. The Morgan fingerprint density at radius 3 is 2.77 bits per heavy atom. The van der Waals surface area contributed by atoms with Gasteiger partial charge in [0.15, 0.2) is 5.89 Å². The molecule has 0 fully saturated rings. The van der Waals surface area contributed by atoms with Gasteiger partial charge in [0.25, 0.3) is 0 Å². The van der Waals surface area contributed by atoms with E-state index in [0.29, 0.717) is 29.7 Å². The van der Waals surface area contributed by atoms with Crippen LogP contribution in [0.2, 0.25) is 0 Å². The van der Waals surface area contributed by atoms with Gasteiger partial charge >= 0.3 is 0 Å². The van der Waals surface area contributed by atoms with Crippen molar-refractivity contribution in [3.05, 3.63) is 36.1 Å². The second kappa shape index (κ2) is 6.33. The van der Waals surface area contributed by atoms with Crippen LogP contribution in [0.1, 0.15) is 24.0 Å². The van der Waals surface area contributed by atoms with Crippen molar-refractivity contribution in [2.24, 2.45) is 0 Å². The monoisotopic (exact) mass is 301 g/mol. The lowest BCUT2D eigenvalue weighted by Gasteiger charge is -1.97. The molecule has 0 spiro atoms. The molecule has 0 amide bonds. The molecule has 0 aromatic carbocycles. The van der Waals surface area contributed by atoms with Crippen molar-refractivity contribution in [1.82, 2.24) is 25.1 Å². The minimum atomic E-state index is 0.419. The molecule has 3 aromatic heterocycles. The Morgan fingerprint density at radius 2 is 2.00 bits per heavy atom. The second-order valence-electron chi connectivity index (χ2n) is 4.68. The highest BCUT2D eigenvalue weighted by Crippen LogP contribution is 2.17. The number of ether oxygens (including phenoxy) is 1. The minimum absolute atomic E-state index is 0.419. The maximum atomic E-state index is 5.41. The van der Waals surface area contributed by atoms with E-state index in [1.165, 1.54) is 13.4 Å². The summed E-state index contributed by atoms with van der Waals surface area (Å²) < 4.78 is 15.7. The third kappa shape index (κ3) is 3.27. The molecular weight excluding hydrogens is 286 g/mol. The molecule has 0 N–H and O–H groups in total. The smallest absolute Gasteiger partial charge is 0.227 e. The Bertz CT molecular complexity index is 752. The molecule has 22 heavy (non-hydrogen) atoms. The van der Waals surface area contributed by atoms with Crippen molar-refractivity contribution >= 4 is 0 Å². The average molecular weight is 301 g/mol. The SMILES string of the molecule is COc1cc(-c2noc(CCCc3ncc(C)o3)n2)ncn1. The molecule has 0 bridgehead atoms. The highest BCUT2D eigenvalue weighted by atomic mass is 16.5. The lowest BCUT2D eigenvalue weighted by atomic mass is 10.2. The van der Waals surface area contributed by atoms with Gasteiger partial charge in [0.05, 0.1) is 13.3 Å². The lowest BCUT2D eigenvalue weighted by Crippen LogP contribution is -1.93. The van der Waals surface area contributed by atoms with Gasteiger partial charge in [-0.1, -0.05) is 5.16 Å². The van der Waals surface area contributed by atoms with E-state index in [4.69, 9.17) is 13.7 Å². The van der Waals surface area contributed by atoms with Crippen LogP contribution < -0.4 is 4.74 Å². The molecule has 8 heteroatoms. The highest BCUT2D eigenvalue weighted by molar-refractivity contribution is 5.49. The molecule has 0 unspecified atom stereocenters. The van der Waals surface area contributed by atoms with Crippen LogP contribution in [0.5, 0.6) is 5.88 Å². The Morgan fingerprint density at radius 1 is 1.14 bits per heavy atom. The maximum absolute atomic E-state index is 5.41. The maximum Gasteiger partial charge on any atom is 0.227 e. The first-order valence-electron chi connectivity index (χ1n) is 6.85. The van der Waals surface area contributed by atoms with Gasteiger partial charge in [-0.15, -0.1) is 0 Å². The Balaban J connectivity index is 1.61. The number of rotatable bonds is 6. The minimum Gasteiger partial charge on any atom is -0.481 e. The molecule has 0 aliphatic rings. The van der Waals surface area contributed by atoms with Gasteiger partial charge in [-0.3, -0.25) is 0 Å². The first-order valence-corrected chi connectivity index (χ1v) is 6.85. The van der Waals surface area contributed by atoms with Gasteiger partial charge in [0, 0.05) is 18.9 Å². The number of oxazole rings is 1. The largest absolute Gasteiger partial charge is 0.481 e. The van der Waals surface area contributed by atoms with E-state index in [-0.39, 0.29) is 0 Å². The fourth-order valence-electron chi connectivity index (χ4n) is 1.94. The van der Waals surface area contributed by atoms with Crippen LogP contribution in [0.25, 0.3) is 11.5 Å². The number of aromatic nitrogens is 5. The third-order valence-corrected chi connectivity index (χ3v) is 3.00. The summed E-state index contributed by atoms with van der Waals surface area (Å²) in [5, 5.41) is 3.92. The van der Waals surface area contributed by atoms with E-state index >= 15 is 0 Å². The first-order chi connectivity index (χ1) is 10.7. The number of aryl methyl sites for hydroxylation is 3. The molecule has 0 radical (unpaired) electrons. The summed E-state index contributed by atoms with van der Waals surface area (Å²) in [6, 6.07) is 1.66. The van der Waals surface area contributed by atoms with E-state index in [1.54, 1.807) is 12.3 Å². The zero-order valence-electron chi connectivity index (χ0n) is 12.3. The zero-order valence-corrected chi connectivity index (χ0v) is 12.3. The molecule has 3 rings (SSSR count). The third-order valence-electron chi connectivity index (χ3n) is 3.00. The first kappa shape index (κ1) is 14.2. The summed E-state index contributed by atoms with van der Waals surface area (Å²) in [4.78, 5) is 16.5. The number of nitrogens with zero attached hydrogens (tertiary/aromatic N) is 5. The van der Waals surface area contributed by atoms with Crippen molar-refractivity contribution in [2.45, 2.75) is 26.2 Å². The molecular formula is C14H15N5O3. The summed E-state index contributed by atoms with van der Waals surface area (Å²) in [7, 11) is 1.54. The van der Waals surface area contributed by atoms with Crippen molar-refractivity contribution in [3.63, 3.8) is 0 Å². The molecule has 3 heterocycles. The van der Waals surface area contributed by atoms with Gasteiger partial charge in [-0.05, 0) is 13.3 Å². The summed E-state index contributed by atoms with van der Waals surface area (Å²) in [6.07, 6.45) is 5.30. The van der Waals surface area contributed by atoms with E-state index in [0.717, 1.165) is 24.5 Å². The van der Waals surface area contributed by atoms with E-state index in [1.807, 2.05) is 6.92 Å². The summed E-state index contributed by atoms with van der Waals surface area (Å²) in [5.41, 5.74) is 0.560. The summed E-state index contributed by atoms with van der Waals surface area (Å²) in [5.74, 6) is 2.96. The fraction of sp³-hybridized carbons (Fsp3) is 0.357. The molecule has 0 atom stereocenters. The fourth-order valence-corrected chi connectivity index (χ4v) is 1.94. The van der Waals surface area contributed by atoms with Crippen LogP contribution in [0.4, 0.5) is 0 Å². The van der Waals surface area contributed by atoms with Crippen LogP contribution in [0.3, 0.4) is 0 Å². The van der Waals surface area contributed by atoms with Crippen molar-refractivity contribution < 1.29 is 13.7 Å². The van der Waals surface area contributed by atoms with Crippen molar-refractivity contribution in [2.75, 3.05) is 7.11 Å². The van der Waals surface area contributed by atoms with Gasteiger partial charge in [-0.2, -0.15) is 4.98 Å². The molecule has 114 valence electrons. The van der Waals surface area contributed by atoms with Gasteiger partial charge < -0.3 is 13.7 Å². The average Bonchev–Trinajstić information content (AvgIpc) is 3.17. The molecule has 0 aliphatic heterocycles. The van der Waals surface area contributed by atoms with Gasteiger partial charge in [0.2, 0.25) is 17.6 Å². The molecule has 3 aromatic rings. The Hall–Kier alpha value is -2.77. The molecule has 0 saturated carbocycles. The van der Waals surface area contributed by atoms with Crippen molar-refractivity contribution in [1.29, 1.82) is 0 Å². The van der Waals surface area contributed by atoms with Crippen LogP contribution in [-0.4, -0.2) is 32.2 Å². The molecule has 0 saturated heterocycles. The van der Waals surface area contributed by atoms with Crippen LogP contribution in [-0.2, 0) is 12.8 Å². The number of hydrogen-bond donors (Lipinski definition) is 0. The lowest BCUT2D eigenvalue weighted by molar-refractivity contribution is 0.372. The van der Waals surface area contributed by atoms with Crippen LogP contribution in [0, 0.1) is 6.92 Å². The van der Waals surface area contributed by atoms with E-state index in [9.17, 15) is 0 Å². The van der Waals surface area contributed by atoms with Crippen molar-refractivity contribution in [3.8, 4) is 17.4 Å². The zero-order chi connectivity index (χ0) is 15.4. The quantitative estimate of drug-likeness (QED) is 0.681. The summed E-state index contributed by atoms with van der Waals surface area (Å²) >= 11 is 0. The number of hydrogen-bond acceptors (Lipinski definition) is 8. The standard InChI is InChI=1S/C14H15N5O3/c1-9-7-15-11(21-9)4-3-5-12-18-14(19-22-12)10-6-13(20-2)17-8-16-10/h6-8H,3-5H2,1-2H3.